The first kappa shape index (κ1) is 25.2. The summed E-state index contributed by atoms with van der Waals surface area (Å²) in [7, 11) is 0. The number of hydrogen-bond acceptors (Lipinski definition) is 4. The standard InChI is InChI=1S/C24H27F3N4O3/c1-17(28-23(34)18-7-3-2-4-8-18)15-22(33)31-13-11-30(12-14-31)16-21(32)29-20-10-6-5-9-19(20)24(25,26)27/h2-10,17H,11-16H2,1H3,(H,28,34)(H,29,32)/t17-/m1/s1. The van der Waals surface area contributed by atoms with Crippen LogP contribution in [0.1, 0.15) is 29.3 Å². The molecule has 0 saturated carbocycles. The molecule has 2 N–H and O–H groups in total. The van der Waals surface area contributed by atoms with Gasteiger partial charge in [-0.2, -0.15) is 13.2 Å². The Balaban J connectivity index is 1.43. The molecule has 0 aliphatic carbocycles. The Hall–Kier alpha value is -3.40. The van der Waals surface area contributed by atoms with Gasteiger partial charge >= 0.3 is 6.18 Å². The van der Waals surface area contributed by atoms with E-state index in [0.29, 0.717) is 31.7 Å². The Labute approximate surface area is 195 Å². The Bertz CT molecular complexity index is 1010. The van der Waals surface area contributed by atoms with Gasteiger partial charge in [0.15, 0.2) is 0 Å². The number of amides is 3. The van der Waals surface area contributed by atoms with E-state index in [-0.39, 0.29) is 36.5 Å². The summed E-state index contributed by atoms with van der Waals surface area (Å²) in [4.78, 5) is 40.6. The third-order valence-corrected chi connectivity index (χ3v) is 5.49. The van der Waals surface area contributed by atoms with Crippen molar-refractivity contribution in [3.63, 3.8) is 0 Å². The molecule has 0 radical (unpaired) electrons. The van der Waals surface area contributed by atoms with Gasteiger partial charge in [0.2, 0.25) is 11.8 Å². The quantitative estimate of drug-likeness (QED) is 0.644. The lowest BCUT2D eigenvalue weighted by molar-refractivity contribution is -0.137. The molecule has 1 fully saturated rings. The van der Waals surface area contributed by atoms with Gasteiger partial charge in [0.25, 0.3) is 5.91 Å². The van der Waals surface area contributed by atoms with Crippen LogP contribution in [0.15, 0.2) is 54.6 Å². The Morgan fingerprint density at radius 1 is 0.941 bits per heavy atom. The number of anilines is 1. The average molecular weight is 476 g/mol. The van der Waals surface area contributed by atoms with Gasteiger partial charge in [-0.3, -0.25) is 19.3 Å². The summed E-state index contributed by atoms with van der Waals surface area (Å²) >= 11 is 0. The minimum atomic E-state index is -4.56. The molecule has 1 heterocycles. The van der Waals surface area contributed by atoms with Gasteiger partial charge in [0.1, 0.15) is 0 Å². The molecule has 7 nitrogen and oxygen atoms in total. The van der Waals surface area contributed by atoms with Crippen molar-refractivity contribution in [3.05, 3.63) is 65.7 Å². The van der Waals surface area contributed by atoms with Crippen molar-refractivity contribution >= 4 is 23.4 Å². The highest BCUT2D eigenvalue weighted by Gasteiger charge is 2.33. The monoisotopic (exact) mass is 476 g/mol. The third-order valence-electron chi connectivity index (χ3n) is 5.49. The molecule has 10 heteroatoms. The van der Waals surface area contributed by atoms with Crippen molar-refractivity contribution in [1.82, 2.24) is 15.1 Å². The summed E-state index contributed by atoms with van der Waals surface area (Å²) < 4.78 is 39.3. The number of rotatable bonds is 7. The third kappa shape index (κ3) is 7.05. The van der Waals surface area contributed by atoms with Crippen LogP contribution in [-0.4, -0.2) is 66.3 Å². The van der Waals surface area contributed by atoms with Gasteiger partial charge in [0, 0.05) is 44.2 Å². The minimum absolute atomic E-state index is 0.0717. The molecule has 0 bridgehead atoms. The lowest BCUT2D eigenvalue weighted by atomic mass is 10.1. The number of hydrogen-bond donors (Lipinski definition) is 2. The van der Waals surface area contributed by atoms with Crippen molar-refractivity contribution in [1.29, 1.82) is 0 Å². The van der Waals surface area contributed by atoms with E-state index < -0.39 is 17.6 Å². The van der Waals surface area contributed by atoms with Crippen molar-refractivity contribution in [2.75, 3.05) is 38.0 Å². The summed E-state index contributed by atoms with van der Waals surface area (Å²) in [6.07, 6.45) is -4.42. The van der Waals surface area contributed by atoms with Crippen molar-refractivity contribution in [2.45, 2.75) is 25.6 Å². The van der Waals surface area contributed by atoms with Crippen molar-refractivity contribution in [3.8, 4) is 0 Å². The zero-order valence-corrected chi connectivity index (χ0v) is 18.8. The van der Waals surface area contributed by atoms with E-state index in [2.05, 4.69) is 10.6 Å². The van der Waals surface area contributed by atoms with Gasteiger partial charge < -0.3 is 15.5 Å². The Morgan fingerprint density at radius 3 is 2.21 bits per heavy atom. The molecule has 0 spiro atoms. The second kappa shape index (κ2) is 11.1. The average Bonchev–Trinajstić information content (AvgIpc) is 2.79. The molecule has 0 aromatic heterocycles. The fourth-order valence-corrected chi connectivity index (χ4v) is 3.73. The topological polar surface area (TPSA) is 81.8 Å². The largest absolute Gasteiger partial charge is 0.418 e. The van der Waals surface area contributed by atoms with E-state index in [9.17, 15) is 27.6 Å². The summed E-state index contributed by atoms with van der Waals surface area (Å²) in [5.74, 6) is -0.901. The van der Waals surface area contributed by atoms with Gasteiger partial charge in [-0.05, 0) is 31.2 Å². The fraction of sp³-hybridized carbons (Fsp3) is 0.375. The highest BCUT2D eigenvalue weighted by Crippen LogP contribution is 2.34. The fourth-order valence-electron chi connectivity index (χ4n) is 3.73. The predicted molar refractivity (Wildman–Crippen MR) is 121 cm³/mol. The molecule has 1 aliphatic heterocycles. The summed E-state index contributed by atoms with van der Waals surface area (Å²) in [6.45, 7) is 3.32. The second-order valence-corrected chi connectivity index (χ2v) is 8.19. The molecule has 1 aliphatic rings. The summed E-state index contributed by atoms with van der Waals surface area (Å²) in [5.41, 5.74) is -0.654. The Kier molecular flexibility index (Phi) is 8.27. The molecule has 1 saturated heterocycles. The zero-order valence-electron chi connectivity index (χ0n) is 18.8. The first-order chi connectivity index (χ1) is 16.1. The van der Waals surface area contributed by atoms with E-state index in [1.54, 1.807) is 41.0 Å². The Morgan fingerprint density at radius 2 is 1.56 bits per heavy atom. The van der Waals surface area contributed by atoms with E-state index in [4.69, 9.17) is 0 Å². The van der Waals surface area contributed by atoms with Crippen LogP contribution >= 0.6 is 0 Å². The molecular formula is C24H27F3N4O3. The number of carbonyl (C=O) groups excluding carboxylic acids is 3. The number of piperazine rings is 1. The number of nitrogens with one attached hydrogen (secondary N) is 2. The number of para-hydroxylation sites is 1. The predicted octanol–water partition coefficient (Wildman–Crippen LogP) is 3.00. The number of halogens is 3. The van der Waals surface area contributed by atoms with Gasteiger partial charge in [0.05, 0.1) is 17.8 Å². The number of carbonyl (C=O) groups is 3. The number of nitrogens with zero attached hydrogens (tertiary/aromatic N) is 2. The smallest absolute Gasteiger partial charge is 0.349 e. The van der Waals surface area contributed by atoms with Crippen LogP contribution in [0.2, 0.25) is 0 Å². The van der Waals surface area contributed by atoms with E-state index in [1.165, 1.54) is 18.2 Å². The summed E-state index contributed by atoms with van der Waals surface area (Å²) in [5, 5.41) is 5.14. The normalized spacial score (nSPS) is 15.5. The van der Waals surface area contributed by atoms with Crippen LogP contribution in [0.4, 0.5) is 18.9 Å². The molecule has 2 aromatic carbocycles. The van der Waals surface area contributed by atoms with E-state index in [0.717, 1.165) is 6.07 Å². The van der Waals surface area contributed by atoms with Crippen LogP contribution in [0.25, 0.3) is 0 Å². The van der Waals surface area contributed by atoms with Crippen LogP contribution in [0.5, 0.6) is 0 Å². The van der Waals surface area contributed by atoms with E-state index in [1.807, 2.05) is 6.07 Å². The van der Waals surface area contributed by atoms with Gasteiger partial charge in [-0.25, -0.2) is 0 Å². The second-order valence-electron chi connectivity index (χ2n) is 8.19. The number of benzene rings is 2. The maximum absolute atomic E-state index is 13.1. The van der Waals surface area contributed by atoms with E-state index >= 15 is 0 Å². The molecule has 182 valence electrons. The highest BCUT2D eigenvalue weighted by molar-refractivity contribution is 5.94. The van der Waals surface area contributed by atoms with Crippen LogP contribution in [-0.2, 0) is 15.8 Å². The molecular weight excluding hydrogens is 449 g/mol. The zero-order chi connectivity index (χ0) is 24.7. The maximum atomic E-state index is 13.1. The van der Waals surface area contributed by atoms with Crippen LogP contribution < -0.4 is 10.6 Å². The highest BCUT2D eigenvalue weighted by atomic mass is 19.4. The van der Waals surface area contributed by atoms with Crippen molar-refractivity contribution in [2.24, 2.45) is 0 Å². The van der Waals surface area contributed by atoms with Gasteiger partial charge in [-0.15, -0.1) is 0 Å². The van der Waals surface area contributed by atoms with Gasteiger partial charge in [-0.1, -0.05) is 30.3 Å². The SMILES string of the molecule is C[C@H](CC(=O)N1CCN(CC(=O)Nc2ccccc2C(F)(F)F)CC1)NC(=O)c1ccccc1. The molecule has 3 rings (SSSR count). The van der Waals surface area contributed by atoms with Crippen LogP contribution in [0.3, 0.4) is 0 Å². The first-order valence-corrected chi connectivity index (χ1v) is 11.0. The molecule has 3 amide bonds. The lowest BCUT2D eigenvalue weighted by Gasteiger charge is -2.35. The molecule has 1 atom stereocenters. The number of alkyl halides is 3. The van der Waals surface area contributed by atoms with Crippen molar-refractivity contribution < 1.29 is 27.6 Å². The molecule has 2 aromatic rings. The van der Waals surface area contributed by atoms with Crippen LogP contribution in [0, 0.1) is 0 Å². The molecule has 34 heavy (non-hydrogen) atoms. The summed E-state index contributed by atoms with van der Waals surface area (Å²) in [6, 6.07) is 13.2. The first-order valence-electron chi connectivity index (χ1n) is 11.0. The maximum Gasteiger partial charge on any atom is 0.418 e. The molecule has 0 unspecified atom stereocenters. The lowest BCUT2D eigenvalue weighted by Crippen LogP contribution is -2.51. The minimum Gasteiger partial charge on any atom is -0.349 e.